The second kappa shape index (κ2) is 4.62. The molecule has 0 fully saturated rings. The van der Waals surface area contributed by atoms with Crippen LogP contribution in [0.4, 0.5) is 0 Å². The topological polar surface area (TPSA) is 9.23 Å². The molecule has 0 aliphatic rings. The molecule has 0 radical (unpaired) electrons. The number of para-hydroxylation sites is 1. The molecule has 0 N–H and O–H groups in total. The Morgan fingerprint density at radius 2 is 1.90 bits per heavy atom. The molecule has 0 amide bonds. The summed E-state index contributed by atoms with van der Waals surface area (Å²) in [5, 5.41) is 0. The standard InChI is InChI=1S/C7H8O.ClH.Fe/c1-6-4-2-3-5-7(6)8;;/h2-5,8H,1H3;1H;/q;;+1/p-1. The van der Waals surface area contributed by atoms with Gasteiger partial charge in [0.15, 0.2) is 0 Å². The van der Waals surface area contributed by atoms with E-state index in [1.807, 2.05) is 31.2 Å². The summed E-state index contributed by atoms with van der Waals surface area (Å²) in [6.07, 6.45) is 0. The van der Waals surface area contributed by atoms with Crippen molar-refractivity contribution in [2.45, 2.75) is 6.92 Å². The van der Waals surface area contributed by atoms with Crippen LogP contribution in [0.2, 0.25) is 0 Å². The van der Waals surface area contributed by atoms with E-state index in [1.165, 1.54) is 0 Å². The minimum absolute atomic E-state index is 0. The molecule has 1 nitrogen and oxygen atoms in total. The first-order valence-corrected chi connectivity index (χ1v) is 3.13. The van der Waals surface area contributed by atoms with Crippen molar-refractivity contribution in [3.8, 4) is 5.75 Å². The van der Waals surface area contributed by atoms with Crippen LogP contribution < -0.4 is 3.82 Å². The first-order valence-electron chi connectivity index (χ1n) is 2.68. The van der Waals surface area contributed by atoms with Crippen LogP contribution >= 0.6 is 12.4 Å². The van der Waals surface area contributed by atoms with Crippen molar-refractivity contribution < 1.29 is 20.2 Å². The van der Waals surface area contributed by atoms with Gasteiger partial charge in [0.1, 0.15) is 0 Å². The molecule has 0 spiro atoms. The smallest absolute Gasteiger partial charge is 0.147 e. The summed E-state index contributed by atoms with van der Waals surface area (Å²) in [4.78, 5) is 0. The van der Waals surface area contributed by atoms with Gasteiger partial charge in [-0.25, -0.2) is 0 Å². The monoisotopic (exact) mass is 199 g/mol. The predicted molar refractivity (Wildman–Crippen MR) is 39.1 cm³/mol. The average Bonchev–Trinajstić information content (AvgIpc) is 1.89. The van der Waals surface area contributed by atoms with Gasteiger partial charge in [-0.15, -0.1) is 12.4 Å². The van der Waals surface area contributed by atoms with Crippen molar-refractivity contribution in [1.29, 1.82) is 0 Å². The molecule has 1 rings (SSSR count). The Morgan fingerprint density at radius 3 is 2.30 bits per heavy atom. The van der Waals surface area contributed by atoms with E-state index < -0.39 is 0 Å². The summed E-state index contributed by atoms with van der Waals surface area (Å²) < 4.78 is 4.79. The summed E-state index contributed by atoms with van der Waals surface area (Å²) >= 11 is 3.32. The average molecular weight is 199 g/mol. The van der Waals surface area contributed by atoms with Gasteiger partial charge in [0, 0.05) is 0 Å². The molecule has 57 valence electrons. The van der Waals surface area contributed by atoms with Gasteiger partial charge < -0.3 is 0 Å². The van der Waals surface area contributed by atoms with Crippen molar-refractivity contribution >= 4 is 12.4 Å². The van der Waals surface area contributed by atoms with Crippen LogP contribution in [0.15, 0.2) is 24.3 Å². The number of aryl methyl sites for hydroxylation is 1. The van der Waals surface area contributed by atoms with Crippen molar-refractivity contribution in [1.82, 2.24) is 0 Å². The third-order valence-corrected chi connectivity index (χ3v) is 1.41. The van der Waals surface area contributed by atoms with E-state index in [4.69, 9.17) is 3.82 Å². The van der Waals surface area contributed by atoms with E-state index >= 15 is 0 Å². The van der Waals surface area contributed by atoms with Crippen LogP contribution in [0.3, 0.4) is 0 Å². The van der Waals surface area contributed by atoms with Gasteiger partial charge in [0.25, 0.3) is 0 Å². The van der Waals surface area contributed by atoms with Crippen LogP contribution in [0.1, 0.15) is 5.56 Å². The molecule has 0 heterocycles. The molecule has 0 aromatic heterocycles. The Bertz CT molecular complexity index is 203. The van der Waals surface area contributed by atoms with Crippen LogP contribution in [0.5, 0.6) is 5.75 Å². The van der Waals surface area contributed by atoms with E-state index in [2.05, 4.69) is 16.3 Å². The van der Waals surface area contributed by atoms with Gasteiger partial charge in [0.05, 0.1) is 0 Å². The van der Waals surface area contributed by atoms with Gasteiger partial charge in [-0.1, -0.05) is 0 Å². The third-order valence-electron chi connectivity index (χ3n) is 1.17. The van der Waals surface area contributed by atoms with Gasteiger partial charge in [-0.2, -0.15) is 0 Å². The molecule has 0 saturated heterocycles. The fraction of sp³-hybridized carbons (Fsp3) is 0.143. The van der Waals surface area contributed by atoms with E-state index in [0.29, 0.717) is 0 Å². The number of benzene rings is 1. The zero-order chi connectivity index (χ0) is 6.69. The van der Waals surface area contributed by atoms with Crippen LogP contribution in [0, 0.1) is 6.92 Å². The zero-order valence-corrected chi connectivity index (χ0v) is 7.40. The second-order valence-corrected chi connectivity index (χ2v) is 2.06. The SMILES string of the molecule is Cc1ccccc1[O][Fe].Cl. The molecule has 0 unspecified atom stereocenters. The van der Waals surface area contributed by atoms with Gasteiger partial charge in [0.2, 0.25) is 0 Å². The first kappa shape index (κ1) is 9.83. The van der Waals surface area contributed by atoms with Crippen LogP contribution in [0.25, 0.3) is 0 Å². The van der Waals surface area contributed by atoms with E-state index in [-0.39, 0.29) is 12.4 Å². The second-order valence-electron chi connectivity index (χ2n) is 1.84. The molecule has 0 bridgehead atoms. The third kappa shape index (κ3) is 2.22. The van der Waals surface area contributed by atoms with Crippen molar-refractivity contribution in [2.24, 2.45) is 0 Å². The van der Waals surface area contributed by atoms with Crippen molar-refractivity contribution in [2.75, 3.05) is 0 Å². The summed E-state index contributed by atoms with van der Waals surface area (Å²) in [5.74, 6) is 0.845. The molecule has 0 atom stereocenters. The number of hydrogen-bond donors (Lipinski definition) is 0. The normalized spacial score (nSPS) is 8.20. The molecule has 10 heavy (non-hydrogen) atoms. The number of hydrogen-bond acceptors (Lipinski definition) is 1. The quantitative estimate of drug-likeness (QED) is 0.631. The largest absolute Gasteiger partial charge is 0.147 e. The maximum absolute atomic E-state index is 4.79. The minimum atomic E-state index is 0. The van der Waals surface area contributed by atoms with Gasteiger partial charge >= 0.3 is 62.7 Å². The molecular weight excluding hydrogens is 191 g/mol. The summed E-state index contributed by atoms with van der Waals surface area (Å²) in [7, 11) is 0. The summed E-state index contributed by atoms with van der Waals surface area (Å²) in [5.41, 5.74) is 1.12. The fourth-order valence-electron chi connectivity index (χ4n) is 0.637. The Kier molecular flexibility index (Phi) is 4.54. The summed E-state index contributed by atoms with van der Waals surface area (Å²) in [6, 6.07) is 7.77. The van der Waals surface area contributed by atoms with Crippen LogP contribution in [-0.4, -0.2) is 0 Å². The Morgan fingerprint density at radius 1 is 1.30 bits per heavy atom. The van der Waals surface area contributed by atoms with E-state index in [0.717, 1.165) is 11.3 Å². The van der Waals surface area contributed by atoms with E-state index in [1.54, 1.807) is 0 Å². The minimum Gasteiger partial charge on any atom is -0.147 e. The Hall–Kier alpha value is -0.171. The maximum Gasteiger partial charge on any atom is -0.147 e. The Labute approximate surface area is 75.3 Å². The van der Waals surface area contributed by atoms with Gasteiger partial charge in [-0.05, 0) is 0 Å². The maximum atomic E-state index is 4.79. The van der Waals surface area contributed by atoms with Crippen molar-refractivity contribution in [3.05, 3.63) is 29.8 Å². The molecular formula is C7H8ClFeO. The Balaban J connectivity index is 0.000000810. The first-order chi connectivity index (χ1) is 4.34. The number of halogens is 1. The summed E-state index contributed by atoms with van der Waals surface area (Å²) in [6.45, 7) is 1.99. The molecule has 0 aliphatic heterocycles. The predicted octanol–water partition coefficient (Wildman–Crippen LogP) is 2.26. The van der Waals surface area contributed by atoms with Crippen molar-refractivity contribution in [3.63, 3.8) is 0 Å². The molecule has 0 aliphatic carbocycles. The zero-order valence-electron chi connectivity index (χ0n) is 5.48. The fourth-order valence-corrected chi connectivity index (χ4v) is 0.890. The molecule has 1 aromatic rings. The van der Waals surface area contributed by atoms with Gasteiger partial charge in [-0.3, -0.25) is 0 Å². The molecule has 3 heteroatoms. The molecule has 0 saturated carbocycles. The molecule has 1 aromatic carbocycles. The van der Waals surface area contributed by atoms with Crippen LogP contribution in [-0.2, 0) is 16.3 Å². The number of rotatable bonds is 1. The van der Waals surface area contributed by atoms with E-state index in [9.17, 15) is 0 Å².